The van der Waals surface area contributed by atoms with Gasteiger partial charge in [0.25, 0.3) is 15.9 Å². The van der Waals surface area contributed by atoms with Gasteiger partial charge < -0.3 is 20.3 Å². The lowest BCUT2D eigenvalue weighted by Gasteiger charge is -2.19. The molecule has 186 valence electrons. The van der Waals surface area contributed by atoms with Crippen molar-refractivity contribution in [2.45, 2.75) is 42.9 Å². The predicted octanol–water partition coefficient (Wildman–Crippen LogP) is 1.59. The van der Waals surface area contributed by atoms with Crippen LogP contribution >= 0.6 is 0 Å². The molecule has 1 aromatic carbocycles. The van der Waals surface area contributed by atoms with Gasteiger partial charge in [0.15, 0.2) is 17.2 Å². The molecule has 0 spiro atoms. The van der Waals surface area contributed by atoms with Crippen molar-refractivity contribution >= 4 is 21.9 Å². The van der Waals surface area contributed by atoms with E-state index in [1.807, 2.05) is 0 Å². The summed E-state index contributed by atoms with van der Waals surface area (Å²) in [6.07, 6.45) is -2.70. The quantitative estimate of drug-likeness (QED) is 0.561. The molecule has 0 bridgehead atoms. The topological polar surface area (TPSA) is 163 Å². The molecular formula is C19H21F3N4O7S. The fourth-order valence-electron chi connectivity index (χ4n) is 3.17. The molecule has 2 aliphatic heterocycles. The Morgan fingerprint density at radius 1 is 1.15 bits per heavy atom. The molecule has 2 aliphatic rings. The first kappa shape index (κ1) is 25.3. The number of aliphatic carboxylic acids is 1. The number of carbonyl (C=O) groups is 2. The van der Waals surface area contributed by atoms with Crippen LogP contribution in [0.1, 0.15) is 41.5 Å². The van der Waals surface area contributed by atoms with Crippen LogP contribution in [0.5, 0.6) is 11.5 Å². The zero-order valence-electron chi connectivity index (χ0n) is 17.5. The fourth-order valence-corrected chi connectivity index (χ4v) is 4.15. The molecule has 11 nitrogen and oxygen atoms in total. The first-order valence-electron chi connectivity index (χ1n) is 9.99. The van der Waals surface area contributed by atoms with Crippen molar-refractivity contribution in [1.29, 1.82) is 0 Å². The Morgan fingerprint density at radius 3 is 2.41 bits per heavy atom. The number of carboxylic acids is 1. The van der Waals surface area contributed by atoms with Gasteiger partial charge in [-0.2, -0.15) is 18.3 Å². The van der Waals surface area contributed by atoms with Gasteiger partial charge in [-0.3, -0.25) is 9.48 Å². The molecule has 0 saturated carbocycles. The SMILES string of the molecule is NC1CCCn2nc(C(=O)NS(=O)(=O)c3ccc4c(c3)OCCCO4)cc21.O=C(O)C(F)(F)F. The summed E-state index contributed by atoms with van der Waals surface area (Å²) >= 11 is 0. The largest absolute Gasteiger partial charge is 0.490 e. The molecule has 1 unspecified atom stereocenters. The van der Waals surface area contributed by atoms with E-state index in [0.29, 0.717) is 37.7 Å². The number of rotatable bonds is 3. The molecule has 0 aliphatic carbocycles. The molecule has 1 aromatic heterocycles. The van der Waals surface area contributed by atoms with Crippen molar-refractivity contribution in [1.82, 2.24) is 14.5 Å². The van der Waals surface area contributed by atoms with Crippen LogP contribution in [0.4, 0.5) is 13.2 Å². The van der Waals surface area contributed by atoms with Crippen LogP contribution in [0.2, 0.25) is 0 Å². The Morgan fingerprint density at radius 2 is 1.79 bits per heavy atom. The van der Waals surface area contributed by atoms with Gasteiger partial charge in [0.05, 0.1) is 23.8 Å². The number of nitrogens with two attached hydrogens (primary N) is 1. The van der Waals surface area contributed by atoms with Gasteiger partial charge in [0.1, 0.15) is 0 Å². The van der Waals surface area contributed by atoms with E-state index in [2.05, 4.69) is 9.82 Å². The highest BCUT2D eigenvalue weighted by Gasteiger charge is 2.38. The number of benzene rings is 1. The number of sulfonamides is 1. The summed E-state index contributed by atoms with van der Waals surface area (Å²) in [4.78, 5) is 21.3. The number of amides is 1. The lowest BCUT2D eigenvalue weighted by Crippen LogP contribution is -2.31. The highest BCUT2D eigenvalue weighted by Crippen LogP contribution is 2.32. The van der Waals surface area contributed by atoms with Gasteiger partial charge in [-0.1, -0.05) is 0 Å². The van der Waals surface area contributed by atoms with Gasteiger partial charge in [-0.05, 0) is 31.0 Å². The average Bonchev–Trinajstić information content (AvgIpc) is 3.06. The number of aromatic nitrogens is 2. The van der Waals surface area contributed by atoms with Gasteiger partial charge in [0, 0.05) is 25.1 Å². The molecule has 0 radical (unpaired) electrons. The molecule has 4 N–H and O–H groups in total. The Labute approximate surface area is 191 Å². The molecule has 1 atom stereocenters. The van der Waals surface area contributed by atoms with Crippen LogP contribution in [0.15, 0.2) is 29.2 Å². The Bertz CT molecular complexity index is 1180. The van der Waals surface area contributed by atoms with Crippen molar-refractivity contribution in [2.75, 3.05) is 13.2 Å². The second-order valence-corrected chi connectivity index (χ2v) is 9.01. The van der Waals surface area contributed by atoms with Gasteiger partial charge in [-0.15, -0.1) is 0 Å². The van der Waals surface area contributed by atoms with E-state index in [4.69, 9.17) is 25.1 Å². The van der Waals surface area contributed by atoms with E-state index >= 15 is 0 Å². The molecule has 1 amide bonds. The molecule has 4 rings (SSSR count). The Hall–Kier alpha value is -3.33. The van der Waals surface area contributed by atoms with Crippen LogP contribution < -0.4 is 19.9 Å². The van der Waals surface area contributed by atoms with Crippen LogP contribution in [-0.2, 0) is 21.4 Å². The number of halogens is 3. The van der Waals surface area contributed by atoms with Crippen molar-refractivity contribution in [3.8, 4) is 11.5 Å². The third kappa shape index (κ3) is 5.96. The normalized spacial score (nSPS) is 17.5. The standard InChI is InChI=1S/C17H20N4O5S.C2HF3O2/c18-12-3-1-6-21-14(12)10-13(19-21)17(22)20-27(23,24)11-4-5-15-16(9-11)26-8-2-7-25-15;3-2(4,5)1(6)7/h4-5,9-10,12H,1-3,6-8,18H2,(H,20,22);(H,6,7). The summed E-state index contributed by atoms with van der Waals surface area (Å²) in [5.41, 5.74) is 6.78. The number of nitrogens with one attached hydrogen (secondary N) is 1. The number of carbonyl (C=O) groups excluding carboxylic acids is 1. The number of alkyl halides is 3. The zero-order valence-corrected chi connectivity index (χ0v) is 18.4. The second-order valence-electron chi connectivity index (χ2n) is 7.32. The van der Waals surface area contributed by atoms with Crippen LogP contribution in [-0.4, -0.2) is 54.6 Å². The first-order chi connectivity index (χ1) is 15.9. The minimum atomic E-state index is -5.08. The van der Waals surface area contributed by atoms with E-state index < -0.39 is 28.1 Å². The lowest BCUT2D eigenvalue weighted by molar-refractivity contribution is -0.192. The number of nitrogens with zero attached hydrogens (tertiary/aromatic N) is 2. The Balaban J connectivity index is 0.000000406. The number of carboxylic acid groups (broad SMARTS) is 1. The number of fused-ring (bicyclic) bond motifs is 2. The summed E-state index contributed by atoms with van der Waals surface area (Å²) in [6.45, 7) is 1.59. The van der Waals surface area contributed by atoms with Gasteiger partial charge in [0.2, 0.25) is 0 Å². The molecule has 0 saturated heterocycles. The van der Waals surface area contributed by atoms with Crippen molar-refractivity contribution in [2.24, 2.45) is 5.73 Å². The molecule has 2 aromatic rings. The molecule has 15 heteroatoms. The highest BCUT2D eigenvalue weighted by molar-refractivity contribution is 7.90. The highest BCUT2D eigenvalue weighted by atomic mass is 32.2. The molecule has 0 fully saturated rings. The summed E-state index contributed by atoms with van der Waals surface area (Å²) in [7, 11) is -4.08. The smallest absolute Gasteiger partial charge is 0.490 e. The molecular weight excluding hydrogens is 485 g/mol. The van der Waals surface area contributed by atoms with Crippen LogP contribution in [0.25, 0.3) is 0 Å². The summed E-state index contributed by atoms with van der Waals surface area (Å²) in [6, 6.07) is 5.59. The minimum absolute atomic E-state index is 0.0280. The maximum atomic E-state index is 12.6. The van der Waals surface area contributed by atoms with Crippen molar-refractivity contribution in [3.05, 3.63) is 35.7 Å². The summed E-state index contributed by atoms with van der Waals surface area (Å²) in [5, 5.41) is 11.3. The molecule has 3 heterocycles. The molecule has 34 heavy (non-hydrogen) atoms. The fraction of sp³-hybridized carbons (Fsp3) is 0.421. The van der Waals surface area contributed by atoms with Crippen LogP contribution in [0, 0.1) is 0 Å². The summed E-state index contributed by atoms with van der Waals surface area (Å²) < 4.78 is 71.7. The zero-order chi connectivity index (χ0) is 25.1. The van der Waals surface area contributed by atoms with Gasteiger partial charge in [-0.25, -0.2) is 17.9 Å². The second kappa shape index (κ2) is 9.89. The van der Waals surface area contributed by atoms with E-state index in [1.54, 1.807) is 10.7 Å². The Kier molecular flexibility index (Phi) is 7.35. The van der Waals surface area contributed by atoms with Gasteiger partial charge >= 0.3 is 12.1 Å². The van der Waals surface area contributed by atoms with Crippen molar-refractivity contribution in [3.63, 3.8) is 0 Å². The number of hydrogen-bond acceptors (Lipinski definition) is 8. The predicted molar refractivity (Wildman–Crippen MR) is 109 cm³/mol. The van der Waals surface area contributed by atoms with Crippen molar-refractivity contribution < 1.29 is 45.8 Å². The monoisotopic (exact) mass is 506 g/mol. The maximum absolute atomic E-state index is 12.6. The number of hydrogen-bond donors (Lipinski definition) is 3. The van der Waals surface area contributed by atoms with E-state index in [1.165, 1.54) is 18.2 Å². The van der Waals surface area contributed by atoms with Crippen LogP contribution in [0.3, 0.4) is 0 Å². The number of ether oxygens (including phenoxy) is 2. The van der Waals surface area contributed by atoms with E-state index in [-0.39, 0.29) is 16.6 Å². The lowest BCUT2D eigenvalue weighted by atomic mass is 10.1. The van der Waals surface area contributed by atoms with E-state index in [9.17, 15) is 26.4 Å². The number of aryl methyl sites for hydroxylation is 1. The first-order valence-corrected chi connectivity index (χ1v) is 11.5. The third-order valence-electron chi connectivity index (χ3n) is 4.81. The van der Waals surface area contributed by atoms with E-state index in [0.717, 1.165) is 18.5 Å². The third-order valence-corrected chi connectivity index (χ3v) is 6.14. The maximum Gasteiger partial charge on any atom is 0.490 e. The summed E-state index contributed by atoms with van der Waals surface area (Å²) in [5.74, 6) is -2.73. The minimum Gasteiger partial charge on any atom is -0.490 e. The average molecular weight is 506 g/mol.